The van der Waals surface area contributed by atoms with Gasteiger partial charge in [0.2, 0.25) is 0 Å². The van der Waals surface area contributed by atoms with Crippen LogP contribution in [0.5, 0.6) is 5.75 Å². The van der Waals surface area contributed by atoms with E-state index in [1.54, 1.807) is 0 Å². The Morgan fingerprint density at radius 3 is 2.67 bits per heavy atom. The second kappa shape index (κ2) is 5.14. The number of nitrogens with two attached hydrogens (primary N) is 1. The predicted molar refractivity (Wildman–Crippen MR) is 61.0 cm³/mol. The van der Waals surface area contributed by atoms with Crippen LogP contribution in [-0.4, -0.2) is 23.9 Å². The first kappa shape index (κ1) is 12.0. The number of rotatable bonds is 5. The van der Waals surface area contributed by atoms with Gasteiger partial charge < -0.3 is 15.6 Å². The van der Waals surface area contributed by atoms with Gasteiger partial charge in [-0.05, 0) is 25.5 Å². The molecule has 1 unspecified atom stereocenters. The van der Waals surface area contributed by atoms with Crippen molar-refractivity contribution in [3.63, 3.8) is 0 Å². The highest BCUT2D eigenvalue weighted by Gasteiger charge is 2.16. The van der Waals surface area contributed by atoms with Crippen molar-refractivity contribution < 1.29 is 9.84 Å². The molecule has 0 saturated carbocycles. The molecule has 0 aromatic heterocycles. The Labute approximate surface area is 90.9 Å². The SMILES string of the molecule is Cc1ccccc1OCCC(C)(N)CO. The Balaban J connectivity index is 2.42. The maximum absolute atomic E-state index is 8.97. The average Bonchev–Trinajstić information content (AvgIpc) is 2.21. The largest absolute Gasteiger partial charge is 0.493 e. The van der Waals surface area contributed by atoms with E-state index < -0.39 is 5.54 Å². The minimum Gasteiger partial charge on any atom is -0.493 e. The van der Waals surface area contributed by atoms with E-state index in [0.29, 0.717) is 13.0 Å². The van der Waals surface area contributed by atoms with Gasteiger partial charge in [-0.25, -0.2) is 0 Å². The number of hydrogen-bond donors (Lipinski definition) is 2. The fourth-order valence-electron chi connectivity index (χ4n) is 1.19. The van der Waals surface area contributed by atoms with E-state index in [2.05, 4.69) is 0 Å². The van der Waals surface area contributed by atoms with Crippen molar-refractivity contribution in [3.8, 4) is 5.75 Å². The lowest BCUT2D eigenvalue weighted by Crippen LogP contribution is -2.41. The zero-order valence-corrected chi connectivity index (χ0v) is 9.36. The van der Waals surface area contributed by atoms with Crippen molar-refractivity contribution >= 4 is 0 Å². The summed E-state index contributed by atoms with van der Waals surface area (Å²) < 4.78 is 5.58. The molecule has 0 bridgehead atoms. The molecule has 3 heteroatoms. The molecule has 0 spiro atoms. The van der Waals surface area contributed by atoms with Crippen LogP contribution < -0.4 is 10.5 Å². The first-order valence-corrected chi connectivity index (χ1v) is 5.13. The molecule has 15 heavy (non-hydrogen) atoms. The van der Waals surface area contributed by atoms with Crippen molar-refractivity contribution in [3.05, 3.63) is 29.8 Å². The number of ether oxygens (including phenoxy) is 1. The molecule has 0 fully saturated rings. The Hall–Kier alpha value is -1.06. The van der Waals surface area contributed by atoms with Crippen molar-refractivity contribution in [1.29, 1.82) is 0 Å². The van der Waals surface area contributed by atoms with Crippen LogP contribution in [0.4, 0.5) is 0 Å². The fourth-order valence-corrected chi connectivity index (χ4v) is 1.19. The highest BCUT2D eigenvalue weighted by atomic mass is 16.5. The molecule has 1 aromatic rings. The molecule has 3 nitrogen and oxygen atoms in total. The summed E-state index contributed by atoms with van der Waals surface area (Å²) in [6.07, 6.45) is 0.637. The lowest BCUT2D eigenvalue weighted by atomic mass is 10.0. The van der Waals surface area contributed by atoms with Gasteiger partial charge in [0.25, 0.3) is 0 Å². The molecule has 0 aliphatic heterocycles. The maximum Gasteiger partial charge on any atom is 0.122 e. The van der Waals surface area contributed by atoms with Gasteiger partial charge in [-0.15, -0.1) is 0 Å². The molecule has 3 N–H and O–H groups in total. The first-order valence-electron chi connectivity index (χ1n) is 5.13. The molecule has 84 valence electrons. The molecular weight excluding hydrogens is 190 g/mol. The van der Waals surface area contributed by atoms with Crippen molar-refractivity contribution in [2.45, 2.75) is 25.8 Å². The summed E-state index contributed by atoms with van der Waals surface area (Å²) in [6.45, 7) is 4.32. The Bertz CT molecular complexity index is 310. The molecule has 0 radical (unpaired) electrons. The lowest BCUT2D eigenvalue weighted by Gasteiger charge is -2.21. The van der Waals surface area contributed by atoms with E-state index in [1.165, 1.54) is 0 Å². The van der Waals surface area contributed by atoms with E-state index >= 15 is 0 Å². The summed E-state index contributed by atoms with van der Waals surface area (Å²) >= 11 is 0. The number of para-hydroxylation sites is 1. The highest BCUT2D eigenvalue weighted by molar-refractivity contribution is 5.31. The molecule has 0 heterocycles. The number of hydrogen-bond acceptors (Lipinski definition) is 3. The molecule has 1 atom stereocenters. The minimum absolute atomic E-state index is 0.0237. The third-order valence-corrected chi connectivity index (χ3v) is 2.39. The fraction of sp³-hybridized carbons (Fsp3) is 0.500. The molecule has 0 aliphatic rings. The van der Waals surface area contributed by atoms with E-state index in [-0.39, 0.29) is 6.61 Å². The van der Waals surface area contributed by atoms with Crippen LogP contribution >= 0.6 is 0 Å². The van der Waals surface area contributed by atoms with Gasteiger partial charge in [-0.2, -0.15) is 0 Å². The third-order valence-electron chi connectivity index (χ3n) is 2.39. The number of aliphatic hydroxyl groups excluding tert-OH is 1. The van der Waals surface area contributed by atoms with Crippen molar-refractivity contribution in [2.75, 3.05) is 13.2 Å². The molecule has 1 aromatic carbocycles. The lowest BCUT2D eigenvalue weighted by molar-refractivity contribution is 0.175. The van der Waals surface area contributed by atoms with Crippen LogP contribution in [0.2, 0.25) is 0 Å². The molecule has 0 amide bonds. The number of aliphatic hydroxyl groups is 1. The van der Waals surface area contributed by atoms with Gasteiger partial charge >= 0.3 is 0 Å². The average molecular weight is 209 g/mol. The standard InChI is InChI=1S/C12H19NO2/c1-10-5-3-4-6-11(10)15-8-7-12(2,13)9-14/h3-6,14H,7-9,13H2,1-2H3. The second-order valence-corrected chi connectivity index (χ2v) is 4.18. The van der Waals surface area contributed by atoms with Crippen molar-refractivity contribution in [2.24, 2.45) is 5.73 Å². The maximum atomic E-state index is 8.97. The quantitative estimate of drug-likeness (QED) is 0.772. The minimum atomic E-state index is -0.553. The first-order chi connectivity index (χ1) is 7.05. The van der Waals surface area contributed by atoms with E-state index in [1.807, 2.05) is 38.1 Å². The molecule has 0 saturated heterocycles. The topological polar surface area (TPSA) is 55.5 Å². The predicted octanol–water partition coefficient (Wildman–Crippen LogP) is 1.47. The summed E-state index contributed by atoms with van der Waals surface area (Å²) in [5.41, 5.74) is 6.35. The van der Waals surface area contributed by atoms with Gasteiger partial charge in [0, 0.05) is 12.0 Å². The zero-order valence-electron chi connectivity index (χ0n) is 9.36. The summed E-state index contributed by atoms with van der Waals surface area (Å²) in [4.78, 5) is 0. The summed E-state index contributed by atoms with van der Waals surface area (Å²) in [5, 5.41) is 8.97. The van der Waals surface area contributed by atoms with Crippen LogP contribution in [0.25, 0.3) is 0 Å². The smallest absolute Gasteiger partial charge is 0.122 e. The van der Waals surface area contributed by atoms with Crippen LogP contribution in [0.3, 0.4) is 0 Å². The van der Waals surface area contributed by atoms with Crippen LogP contribution in [0, 0.1) is 6.92 Å². The molecule has 1 rings (SSSR count). The monoisotopic (exact) mass is 209 g/mol. The normalized spacial score (nSPS) is 14.7. The third kappa shape index (κ3) is 3.90. The second-order valence-electron chi connectivity index (χ2n) is 4.18. The van der Waals surface area contributed by atoms with Crippen LogP contribution in [-0.2, 0) is 0 Å². The van der Waals surface area contributed by atoms with E-state index in [9.17, 15) is 0 Å². The van der Waals surface area contributed by atoms with E-state index in [0.717, 1.165) is 11.3 Å². The van der Waals surface area contributed by atoms with E-state index in [4.69, 9.17) is 15.6 Å². The van der Waals surface area contributed by atoms with Gasteiger partial charge in [0.1, 0.15) is 5.75 Å². The van der Waals surface area contributed by atoms with Crippen LogP contribution in [0.15, 0.2) is 24.3 Å². The number of benzene rings is 1. The molecule has 0 aliphatic carbocycles. The Kier molecular flexibility index (Phi) is 4.12. The van der Waals surface area contributed by atoms with Gasteiger partial charge in [0.05, 0.1) is 13.2 Å². The van der Waals surface area contributed by atoms with Gasteiger partial charge in [-0.1, -0.05) is 18.2 Å². The van der Waals surface area contributed by atoms with Crippen LogP contribution in [0.1, 0.15) is 18.9 Å². The number of aryl methyl sites for hydroxylation is 1. The van der Waals surface area contributed by atoms with Gasteiger partial charge in [0.15, 0.2) is 0 Å². The zero-order chi connectivity index (χ0) is 11.3. The summed E-state index contributed by atoms with van der Waals surface area (Å²) in [5.74, 6) is 0.881. The Morgan fingerprint density at radius 1 is 1.40 bits per heavy atom. The Morgan fingerprint density at radius 2 is 2.07 bits per heavy atom. The highest BCUT2D eigenvalue weighted by Crippen LogP contribution is 2.17. The summed E-state index contributed by atoms with van der Waals surface area (Å²) in [7, 11) is 0. The summed E-state index contributed by atoms with van der Waals surface area (Å²) in [6, 6.07) is 7.85. The molecular formula is C12H19NO2. The van der Waals surface area contributed by atoms with Gasteiger partial charge in [-0.3, -0.25) is 0 Å². The van der Waals surface area contributed by atoms with Crippen molar-refractivity contribution in [1.82, 2.24) is 0 Å².